The molecule has 1 aromatic rings. The molecule has 0 bridgehead atoms. The van der Waals surface area contributed by atoms with Crippen LogP contribution in [0.15, 0.2) is 24.3 Å². The van der Waals surface area contributed by atoms with E-state index in [1.807, 2.05) is 29.2 Å². The average Bonchev–Trinajstić information content (AvgIpc) is 3.28. The average molecular weight is 367 g/mol. The second kappa shape index (κ2) is 7.72. The number of hydrogen-bond donors (Lipinski definition) is 1. The first-order valence-corrected chi connectivity index (χ1v) is 9.89. The molecular weight excluding hydrogens is 338 g/mol. The molecule has 2 aliphatic rings. The Hall–Kier alpha value is -2.35. The highest BCUT2D eigenvalue weighted by Gasteiger charge is 2.39. The summed E-state index contributed by atoms with van der Waals surface area (Å²) in [5, 5.41) is 12.4. The minimum atomic E-state index is -0.692. The van der Waals surface area contributed by atoms with Crippen LogP contribution in [-0.2, 0) is 15.0 Å². The van der Waals surface area contributed by atoms with Gasteiger partial charge in [-0.15, -0.1) is 0 Å². The van der Waals surface area contributed by atoms with Crippen LogP contribution in [0.2, 0.25) is 0 Å². The molecule has 5 heteroatoms. The van der Waals surface area contributed by atoms with Gasteiger partial charge in [0, 0.05) is 19.0 Å². The number of nitrogens with zero attached hydrogens (tertiary/aromatic N) is 2. The summed E-state index contributed by atoms with van der Waals surface area (Å²) < 4.78 is 0. The smallest absolute Gasteiger partial charge is 0.226 e. The molecule has 144 valence electrons. The molecule has 1 aliphatic heterocycles. The van der Waals surface area contributed by atoms with Crippen molar-refractivity contribution in [3.8, 4) is 6.07 Å². The van der Waals surface area contributed by atoms with Gasteiger partial charge < -0.3 is 10.2 Å². The van der Waals surface area contributed by atoms with Crippen molar-refractivity contribution in [3.05, 3.63) is 35.4 Å². The second-order valence-electron chi connectivity index (χ2n) is 8.83. The van der Waals surface area contributed by atoms with Crippen molar-refractivity contribution in [3.63, 3.8) is 0 Å². The van der Waals surface area contributed by atoms with Crippen LogP contribution in [0.5, 0.6) is 0 Å². The van der Waals surface area contributed by atoms with E-state index in [0.717, 1.165) is 31.2 Å². The fourth-order valence-electron chi connectivity index (χ4n) is 4.10. The van der Waals surface area contributed by atoms with Crippen molar-refractivity contribution in [2.24, 2.45) is 5.92 Å². The third-order valence-electron chi connectivity index (χ3n) is 5.82. The van der Waals surface area contributed by atoms with E-state index in [0.29, 0.717) is 12.6 Å². The molecule has 5 nitrogen and oxygen atoms in total. The van der Waals surface area contributed by atoms with E-state index in [-0.39, 0.29) is 29.6 Å². The largest absolute Gasteiger partial charge is 0.339 e. The summed E-state index contributed by atoms with van der Waals surface area (Å²) in [5.74, 6) is -0.483. The minimum Gasteiger partial charge on any atom is -0.339 e. The molecule has 2 amide bonds. The second-order valence-corrected chi connectivity index (χ2v) is 8.83. The Morgan fingerprint density at radius 1 is 1.22 bits per heavy atom. The van der Waals surface area contributed by atoms with Crippen LogP contribution < -0.4 is 5.32 Å². The van der Waals surface area contributed by atoms with Crippen LogP contribution >= 0.6 is 0 Å². The number of carbonyl (C=O) groups excluding carboxylic acids is 2. The highest BCUT2D eigenvalue weighted by Crippen LogP contribution is 2.30. The van der Waals surface area contributed by atoms with E-state index in [4.69, 9.17) is 0 Å². The Morgan fingerprint density at radius 2 is 1.85 bits per heavy atom. The van der Waals surface area contributed by atoms with Crippen LogP contribution in [0.25, 0.3) is 0 Å². The molecular formula is C22H29N3O2. The maximum absolute atomic E-state index is 12.7. The van der Waals surface area contributed by atoms with Crippen LogP contribution in [0.1, 0.15) is 70.0 Å². The lowest BCUT2D eigenvalue weighted by atomic mass is 9.86. The summed E-state index contributed by atoms with van der Waals surface area (Å²) >= 11 is 0. The maximum atomic E-state index is 12.7. The normalized spacial score (nSPS) is 21.9. The summed E-state index contributed by atoms with van der Waals surface area (Å²) in [6.07, 6.45) is 4.66. The first-order valence-electron chi connectivity index (χ1n) is 9.89. The first kappa shape index (κ1) is 19.4. The highest BCUT2D eigenvalue weighted by molar-refractivity contribution is 5.89. The number of likely N-dealkylation sites (tertiary alicyclic amines) is 1. The molecule has 3 rings (SSSR count). The van der Waals surface area contributed by atoms with Crippen molar-refractivity contribution in [2.45, 2.75) is 70.4 Å². The lowest BCUT2D eigenvalue weighted by Crippen LogP contribution is -2.37. The summed E-state index contributed by atoms with van der Waals surface area (Å²) in [6.45, 7) is 6.90. The third kappa shape index (κ3) is 4.32. The Kier molecular flexibility index (Phi) is 5.55. The number of nitriles is 1. The quantitative estimate of drug-likeness (QED) is 0.886. The van der Waals surface area contributed by atoms with Gasteiger partial charge in [-0.2, -0.15) is 5.26 Å². The Morgan fingerprint density at radius 3 is 2.41 bits per heavy atom. The molecule has 0 aromatic heterocycles. The summed E-state index contributed by atoms with van der Waals surface area (Å²) in [4.78, 5) is 26.9. The summed E-state index contributed by atoms with van der Waals surface area (Å²) in [6, 6.07) is 9.60. The zero-order valence-electron chi connectivity index (χ0n) is 16.5. The molecule has 1 heterocycles. The number of amides is 2. The van der Waals surface area contributed by atoms with Gasteiger partial charge in [-0.3, -0.25) is 9.59 Å². The number of benzene rings is 1. The van der Waals surface area contributed by atoms with Gasteiger partial charge in [0.05, 0.1) is 12.0 Å². The summed E-state index contributed by atoms with van der Waals surface area (Å²) in [7, 11) is 0. The predicted molar refractivity (Wildman–Crippen MR) is 104 cm³/mol. The zero-order valence-corrected chi connectivity index (χ0v) is 16.5. The molecule has 1 aromatic carbocycles. The molecule has 1 N–H and O–H groups in total. The van der Waals surface area contributed by atoms with Crippen molar-refractivity contribution in [1.29, 1.82) is 5.26 Å². The molecule has 2 atom stereocenters. The van der Waals surface area contributed by atoms with Gasteiger partial charge in [0.25, 0.3) is 0 Å². The van der Waals surface area contributed by atoms with Crippen LogP contribution in [0.4, 0.5) is 0 Å². The van der Waals surface area contributed by atoms with Crippen molar-refractivity contribution >= 4 is 11.8 Å². The summed E-state index contributed by atoms with van der Waals surface area (Å²) in [5.41, 5.74) is 2.00. The van der Waals surface area contributed by atoms with E-state index < -0.39 is 6.04 Å². The van der Waals surface area contributed by atoms with Gasteiger partial charge in [0.1, 0.15) is 6.04 Å². The molecule has 1 aliphatic carbocycles. The lowest BCUT2D eigenvalue weighted by molar-refractivity contribution is -0.130. The van der Waals surface area contributed by atoms with Crippen LogP contribution in [0.3, 0.4) is 0 Å². The molecule has 0 spiro atoms. The lowest BCUT2D eigenvalue weighted by Gasteiger charge is -2.24. The molecule has 2 unspecified atom stereocenters. The number of rotatable bonds is 4. The Balaban J connectivity index is 1.64. The van der Waals surface area contributed by atoms with Gasteiger partial charge in [0.2, 0.25) is 11.8 Å². The van der Waals surface area contributed by atoms with Gasteiger partial charge in [-0.25, -0.2) is 0 Å². The number of nitrogens with one attached hydrogen (secondary N) is 1. The molecule has 27 heavy (non-hydrogen) atoms. The fraction of sp³-hybridized carbons (Fsp3) is 0.591. The Bertz CT molecular complexity index is 736. The Labute approximate surface area is 161 Å². The first-order chi connectivity index (χ1) is 12.8. The topological polar surface area (TPSA) is 73.2 Å². The zero-order chi connectivity index (χ0) is 19.6. The van der Waals surface area contributed by atoms with E-state index in [9.17, 15) is 14.9 Å². The van der Waals surface area contributed by atoms with E-state index >= 15 is 0 Å². The molecule has 2 fully saturated rings. The van der Waals surface area contributed by atoms with Crippen molar-refractivity contribution in [1.82, 2.24) is 10.2 Å². The number of carbonyl (C=O) groups is 2. The molecule has 0 radical (unpaired) electrons. The van der Waals surface area contributed by atoms with Gasteiger partial charge in [-0.05, 0) is 29.4 Å². The van der Waals surface area contributed by atoms with E-state index in [2.05, 4.69) is 32.2 Å². The maximum Gasteiger partial charge on any atom is 0.226 e. The predicted octanol–water partition coefficient (Wildman–Crippen LogP) is 3.46. The highest BCUT2D eigenvalue weighted by atomic mass is 16.2. The molecule has 1 saturated heterocycles. The molecule has 1 saturated carbocycles. The van der Waals surface area contributed by atoms with Crippen LogP contribution in [-0.4, -0.2) is 29.3 Å². The van der Waals surface area contributed by atoms with Gasteiger partial charge >= 0.3 is 0 Å². The number of hydrogen-bond acceptors (Lipinski definition) is 3. The van der Waals surface area contributed by atoms with Crippen LogP contribution in [0, 0.1) is 17.2 Å². The van der Waals surface area contributed by atoms with E-state index in [1.54, 1.807) is 0 Å². The monoisotopic (exact) mass is 367 g/mol. The van der Waals surface area contributed by atoms with E-state index in [1.165, 1.54) is 5.56 Å². The SMILES string of the molecule is CC(C)(C)c1ccc(C(C#N)NC(=O)C2CC(=O)N(C3CCCC3)C2)cc1. The van der Waals surface area contributed by atoms with Crippen molar-refractivity contribution < 1.29 is 9.59 Å². The minimum absolute atomic E-state index is 0.0395. The van der Waals surface area contributed by atoms with Gasteiger partial charge in [-0.1, -0.05) is 57.9 Å². The standard InChI is InChI=1S/C22H29N3O2/c1-22(2,3)17-10-8-15(9-11-17)19(13-23)24-21(27)16-12-20(26)25(14-16)18-6-4-5-7-18/h8-11,16,18-19H,4-7,12,14H2,1-3H3,(H,24,27). The fourth-order valence-corrected chi connectivity index (χ4v) is 4.10. The van der Waals surface area contributed by atoms with Crippen molar-refractivity contribution in [2.75, 3.05) is 6.54 Å². The van der Waals surface area contributed by atoms with Gasteiger partial charge in [0.15, 0.2) is 0 Å². The third-order valence-corrected chi connectivity index (χ3v) is 5.82.